The number of amides is 3. The second-order valence-corrected chi connectivity index (χ2v) is 9.94. The number of nitrogens with one attached hydrogen (secondary N) is 3. The van der Waals surface area contributed by atoms with Gasteiger partial charge in [0.2, 0.25) is 5.91 Å². The highest BCUT2D eigenvalue weighted by Crippen LogP contribution is 2.41. The third-order valence-electron chi connectivity index (χ3n) is 6.14. The number of benzene rings is 2. The Morgan fingerprint density at radius 3 is 2.59 bits per heavy atom. The Morgan fingerprint density at radius 1 is 1.11 bits per heavy atom. The number of carboxylic acid groups (broad SMARTS) is 1. The summed E-state index contributed by atoms with van der Waals surface area (Å²) in [6.07, 6.45) is 2.24. The van der Waals surface area contributed by atoms with Gasteiger partial charge < -0.3 is 30.4 Å². The van der Waals surface area contributed by atoms with Crippen LogP contribution < -0.4 is 10.6 Å². The first-order chi connectivity index (χ1) is 17.5. The van der Waals surface area contributed by atoms with Crippen molar-refractivity contribution in [3.63, 3.8) is 0 Å². The standard InChI is InChI=1S/C27H30N4O6/c1-27(2,3)37-25(35)19-11-12-31(23(19)20-14-28-21-10-5-4-9-18(20)21)22(32)15-29-26(36)30-17-8-6-7-16(13-17)24(33)34/h4-10,13-14,19,23,28H,11-12,15H2,1-3H3,(H,33,34)(H2,29,30,36)/t19?,23-/m1/s1. The second-order valence-electron chi connectivity index (χ2n) is 9.94. The number of ether oxygens (including phenoxy) is 1. The Morgan fingerprint density at radius 2 is 1.86 bits per heavy atom. The molecule has 194 valence electrons. The summed E-state index contributed by atoms with van der Waals surface area (Å²) in [5, 5.41) is 15.1. The smallest absolute Gasteiger partial charge is 0.335 e. The number of para-hydroxylation sites is 1. The number of hydrogen-bond acceptors (Lipinski definition) is 5. The van der Waals surface area contributed by atoms with E-state index < -0.39 is 29.6 Å². The van der Waals surface area contributed by atoms with Crippen molar-refractivity contribution in [3.05, 3.63) is 65.9 Å². The van der Waals surface area contributed by atoms with Crippen LogP contribution in [0.4, 0.5) is 10.5 Å². The molecule has 4 rings (SSSR count). The van der Waals surface area contributed by atoms with E-state index in [4.69, 9.17) is 9.84 Å². The minimum Gasteiger partial charge on any atom is -0.478 e. The number of anilines is 1. The van der Waals surface area contributed by atoms with Gasteiger partial charge in [0.15, 0.2) is 0 Å². The molecule has 10 nitrogen and oxygen atoms in total. The zero-order chi connectivity index (χ0) is 26.7. The number of aromatic nitrogens is 1. The predicted molar refractivity (Wildman–Crippen MR) is 137 cm³/mol. The quantitative estimate of drug-likeness (QED) is 0.374. The van der Waals surface area contributed by atoms with E-state index in [2.05, 4.69) is 15.6 Å². The monoisotopic (exact) mass is 506 g/mol. The number of aromatic amines is 1. The van der Waals surface area contributed by atoms with Gasteiger partial charge in [-0.05, 0) is 51.5 Å². The number of hydrogen-bond donors (Lipinski definition) is 4. The fraction of sp³-hybridized carbons (Fsp3) is 0.333. The van der Waals surface area contributed by atoms with Crippen LogP contribution in [0.1, 0.15) is 49.2 Å². The van der Waals surface area contributed by atoms with Gasteiger partial charge in [-0.15, -0.1) is 0 Å². The molecule has 10 heteroatoms. The normalized spacial score (nSPS) is 17.4. The number of aromatic carboxylic acids is 1. The average molecular weight is 507 g/mol. The van der Waals surface area contributed by atoms with Gasteiger partial charge in [0.25, 0.3) is 0 Å². The summed E-state index contributed by atoms with van der Waals surface area (Å²) in [6.45, 7) is 5.44. The van der Waals surface area contributed by atoms with E-state index in [0.29, 0.717) is 13.0 Å². The molecule has 0 saturated carbocycles. The van der Waals surface area contributed by atoms with E-state index in [1.807, 2.05) is 30.5 Å². The molecule has 1 aliphatic rings. The van der Waals surface area contributed by atoms with Crippen LogP contribution >= 0.6 is 0 Å². The fourth-order valence-corrected chi connectivity index (χ4v) is 4.58. The van der Waals surface area contributed by atoms with Gasteiger partial charge in [0.1, 0.15) is 5.60 Å². The minimum absolute atomic E-state index is 0.0284. The molecule has 2 heterocycles. The van der Waals surface area contributed by atoms with Crippen molar-refractivity contribution in [2.24, 2.45) is 5.92 Å². The van der Waals surface area contributed by atoms with Gasteiger partial charge >= 0.3 is 18.0 Å². The van der Waals surface area contributed by atoms with E-state index in [0.717, 1.165) is 16.5 Å². The van der Waals surface area contributed by atoms with Gasteiger partial charge in [0, 0.05) is 34.9 Å². The maximum Gasteiger partial charge on any atom is 0.335 e. The second kappa shape index (κ2) is 10.3. The third kappa shape index (κ3) is 5.91. The molecule has 37 heavy (non-hydrogen) atoms. The van der Waals surface area contributed by atoms with Crippen molar-refractivity contribution in [1.29, 1.82) is 0 Å². The van der Waals surface area contributed by atoms with Crippen molar-refractivity contribution in [3.8, 4) is 0 Å². The lowest BCUT2D eigenvalue weighted by Gasteiger charge is -2.29. The summed E-state index contributed by atoms with van der Waals surface area (Å²) in [5.74, 6) is -2.40. The van der Waals surface area contributed by atoms with Crippen molar-refractivity contribution in [1.82, 2.24) is 15.2 Å². The fourth-order valence-electron chi connectivity index (χ4n) is 4.58. The number of rotatable bonds is 6. The van der Waals surface area contributed by atoms with Crippen molar-refractivity contribution < 1.29 is 29.0 Å². The number of H-pyrrole nitrogens is 1. The molecule has 1 aliphatic heterocycles. The Labute approximate surface area is 214 Å². The SMILES string of the molecule is CC(C)(C)OC(=O)C1CCN(C(=O)CNC(=O)Nc2cccc(C(=O)O)c2)[C@H]1c1c[nH]c2ccccc12. The highest BCUT2D eigenvalue weighted by atomic mass is 16.6. The van der Waals surface area contributed by atoms with Crippen LogP contribution in [0.15, 0.2) is 54.7 Å². The molecular weight excluding hydrogens is 476 g/mol. The molecule has 0 radical (unpaired) electrons. The van der Waals surface area contributed by atoms with Crippen LogP contribution in [0.25, 0.3) is 10.9 Å². The summed E-state index contributed by atoms with van der Waals surface area (Å²) in [7, 11) is 0. The molecule has 0 spiro atoms. The molecule has 0 bridgehead atoms. The van der Waals surface area contributed by atoms with Crippen molar-refractivity contribution in [2.45, 2.75) is 38.8 Å². The maximum atomic E-state index is 13.3. The summed E-state index contributed by atoms with van der Waals surface area (Å²) in [5.41, 5.74) is 1.35. The molecule has 3 aromatic rings. The van der Waals surface area contributed by atoms with E-state index in [1.54, 1.807) is 31.7 Å². The van der Waals surface area contributed by atoms with Crippen molar-refractivity contribution in [2.75, 3.05) is 18.4 Å². The topological polar surface area (TPSA) is 141 Å². The zero-order valence-electron chi connectivity index (χ0n) is 20.9. The Balaban J connectivity index is 1.50. The first-order valence-electron chi connectivity index (χ1n) is 12.0. The van der Waals surface area contributed by atoms with Crippen molar-refractivity contribution >= 4 is 40.5 Å². The number of esters is 1. The number of urea groups is 1. The van der Waals surface area contributed by atoms with Crippen LogP contribution in [-0.2, 0) is 14.3 Å². The molecular formula is C27H30N4O6. The van der Waals surface area contributed by atoms with E-state index >= 15 is 0 Å². The maximum absolute atomic E-state index is 13.3. The van der Waals surface area contributed by atoms with Crippen LogP contribution in [0.2, 0.25) is 0 Å². The largest absolute Gasteiger partial charge is 0.478 e. The van der Waals surface area contributed by atoms with E-state index in [1.165, 1.54) is 18.2 Å². The molecule has 3 amide bonds. The molecule has 1 saturated heterocycles. The number of likely N-dealkylation sites (tertiary alicyclic amines) is 1. The van der Waals surface area contributed by atoms with Gasteiger partial charge in [0.05, 0.1) is 24.1 Å². The third-order valence-corrected chi connectivity index (χ3v) is 6.14. The molecule has 1 unspecified atom stereocenters. The van der Waals surface area contributed by atoms with E-state index in [-0.39, 0.29) is 29.7 Å². The average Bonchev–Trinajstić information content (AvgIpc) is 3.46. The van der Waals surface area contributed by atoms with Crippen LogP contribution in [0, 0.1) is 5.92 Å². The lowest BCUT2D eigenvalue weighted by molar-refractivity contribution is -0.161. The van der Waals surface area contributed by atoms with E-state index in [9.17, 15) is 19.2 Å². The Bertz CT molecular complexity index is 1340. The molecule has 1 fully saturated rings. The lowest BCUT2D eigenvalue weighted by Crippen LogP contribution is -2.42. The van der Waals surface area contributed by atoms with Crippen LogP contribution in [0.5, 0.6) is 0 Å². The molecule has 4 N–H and O–H groups in total. The first kappa shape index (κ1) is 25.7. The van der Waals surface area contributed by atoms with Crippen LogP contribution in [0.3, 0.4) is 0 Å². The first-order valence-corrected chi connectivity index (χ1v) is 12.0. The van der Waals surface area contributed by atoms with Gasteiger partial charge in [-0.3, -0.25) is 9.59 Å². The zero-order valence-corrected chi connectivity index (χ0v) is 20.9. The molecule has 0 aliphatic carbocycles. The van der Waals surface area contributed by atoms with Gasteiger partial charge in [-0.1, -0.05) is 24.3 Å². The highest BCUT2D eigenvalue weighted by molar-refractivity contribution is 5.95. The van der Waals surface area contributed by atoms with Crippen LogP contribution in [-0.4, -0.2) is 57.6 Å². The minimum atomic E-state index is -1.11. The molecule has 2 aromatic carbocycles. The van der Waals surface area contributed by atoms with Gasteiger partial charge in [-0.25, -0.2) is 9.59 Å². The summed E-state index contributed by atoms with van der Waals surface area (Å²) >= 11 is 0. The van der Waals surface area contributed by atoms with Gasteiger partial charge in [-0.2, -0.15) is 0 Å². The lowest BCUT2D eigenvalue weighted by atomic mass is 9.93. The summed E-state index contributed by atoms with van der Waals surface area (Å²) in [6, 6.07) is 12.2. The molecule has 1 aromatic heterocycles. The molecule has 2 atom stereocenters. The predicted octanol–water partition coefficient (Wildman–Crippen LogP) is 3.92. The number of carboxylic acids is 1. The Kier molecular flexibility index (Phi) is 7.19. The number of carbonyl (C=O) groups is 4. The number of nitrogens with zero attached hydrogens (tertiary/aromatic N) is 1. The Hall–Kier alpha value is -4.34. The number of carbonyl (C=O) groups excluding carboxylic acids is 3. The highest BCUT2D eigenvalue weighted by Gasteiger charge is 2.44. The summed E-state index contributed by atoms with van der Waals surface area (Å²) in [4.78, 5) is 54.8. The summed E-state index contributed by atoms with van der Waals surface area (Å²) < 4.78 is 5.67. The number of fused-ring (bicyclic) bond motifs is 1.